The summed E-state index contributed by atoms with van der Waals surface area (Å²) in [6, 6.07) is 5.63. The Kier molecular flexibility index (Phi) is 6.05. The van der Waals surface area contributed by atoms with E-state index in [-0.39, 0.29) is 12.4 Å². The first kappa shape index (κ1) is 15.2. The van der Waals surface area contributed by atoms with Crippen LogP contribution in [0.2, 0.25) is 0 Å². The van der Waals surface area contributed by atoms with E-state index in [4.69, 9.17) is 4.74 Å². The van der Waals surface area contributed by atoms with Gasteiger partial charge in [0.2, 0.25) is 0 Å². The molecule has 4 nitrogen and oxygen atoms in total. The summed E-state index contributed by atoms with van der Waals surface area (Å²) in [6.45, 7) is 0.862. The fraction of sp³-hybridized carbons (Fsp3) is 0.462. The Hall–Kier alpha value is -1.85. The number of nitrogens with one attached hydrogen (secondary N) is 1. The van der Waals surface area contributed by atoms with Gasteiger partial charge in [-0.15, -0.1) is 0 Å². The van der Waals surface area contributed by atoms with Crippen molar-refractivity contribution >= 4 is 11.7 Å². The predicted octanol–water partition coefficient (Wildman–Crippen LogP) is 3.04. The van der Waals surface area contributed by atoms with Crippen LogP contribution in [0.3, 0.4) is 0 Å². The molecule has 0 heterocycles. The Balaban J connectivity index is 2.81. The molecule has 1 rings (SSSR count). The Bertz CT molecular complexity index is 413. The number of benzene rings is 1. The van der Waals surface area contributed by atoms with Gasteiger partial charge in [-0.25, -0.2) is 4.79 Å². The fourth-order valence-electron chi connectivity index (χ4n) is 1.54. The summed E-state index contributed by atoms with van der Waals surface area (Å²) in [5.41, 5.74) is 0.336. The second-order valence-corrected chi connectivity index (χ2v) is 3.73. The summed E-state index contributed by atoms with van der Waals surface area (Å²) in [7, 11) is 0. The third kappa shape index (κ3) is 4.73. The van der Waals surface area contributed by atoms with E-state index in [1.54, 1.807) is 32.0 Å². The number of rotatable bonds is 7. The van der Waals surface area contributed by atoms with Gasteiger partial charge in [0, 0.05) is 0 Å². The molecule has 0 aliphatic heterocycles. The van der Waals surface area contributed by atoms with Gasteiger partial charge in [0.25, 0.3) is 0 Å². The van der Waals surface area contributed by atoms with Crippen LogP contribution in [0.25, 0.3) is 0 Å². The van der Waals surface area contributed by atoms with E-state index in [1.807, 2.05) is 0 Å². The molecule has 0 saturated carbocycles. The number of hydrogen-bond acceptors (Lipinski definition) is 4. The van der Waals surface area contributed by atoms with Gasteiger partial charge >= 0.3 is 12.6 Å². The summed E-state index contributed by atoms with van der Waals surface area (Å²) in [6.07, 6.45) is 0.474. The average molecular weight is 273 g/mol. The number of anilines is 1. The van der Waals surface area contributed by atoms with E-state index >= 15 is 0 Å². The standard InChI is InChI=1S/C13H17F2NO3/c1-3-9(12(17)18-4-2)16-10-7-5-6-8-11(10)19-13(14)15/h5-9,13,16H,3-4H2,1-2H3. The lowest BCUT2D eigenvalue weighted by Gasteiger charge is -2.18. The first-order chi connectivity index (χ1) is 9.08. The van der Waals surface area contributed by atoms with E-state index < -0.39 is 18.6 Å². The maximum atomic E-state index is 12.3. The molecule has 1 unspecified atom stereocenters. The molecule has 106 valence electrons. The molecule has 19 heavy (non-hydrogen) atoms. The van der Waals surface area contributed by atoms with Gasteiger partial charge in [0.05, 0.1) is 12.3 Å². The van der Waals surface area contributed by atoms with Gasteiger partial charge in [-0.3, -0.25) is 0 Å². The highest BCUT2D eigenvalue weighted by molar-refractivity contribution is 5.80. The minimum Gasteiger partial charge on any atom is -0.464 e. The zero-order valence-electron chi connectivity index (χ0n) is 10.9. The quantitative estimate of drug-likeness (QED) is 0.776. The average Bonchev–Trinajstić information content (AvgIpc) is 2.37. The molecule has 6 heteroatoms. The molecule has 0 amide bonds. The molecule has 0 spiro atoms. The number of esters is 1. The lowest BCUT2D eigenvalue weighted by Crippen LogP contribution is -2.30. The normalized spacial score (nSPS) is 12.1. The minimum absolute atomic E-state index is 0.000230. The summed E-state index contributed by atoms with van der Waals surface area (Å²) in [4.78, 5) is 11.6. The maximum Gasteiger partial charge on any atom is 0.387 e. The van der Waals surface area contributed by atoms with E-state index in [1.165, 1.54) is 6.07 Å². The Morgan fingerprint density at radius 1 is 1.32 bits per heavy atom. The van der Waals surface area contributed by atoms with E-state index in [2.05, 4.69) is 10.1 Å². The summed E-state index contributed by atoms with van der Waals surface area (Å²) in [5.74, 6) is -0.419. The highest BCUT2D eigenvalue weighted by Gasteiger charge is 2.19. The maximum absolute atomic E-state index is 12.3. The van der Waals surface area contributed by atoms with Gasteiger partial charge < -0.3 is 14.8 Å². The van der Waals surface area contributed by atoms with Gasteiger partial charge in [-0.1, -0.05) is 19.1 Å². The van der Waals surface area contributed by atoms with Crippen LogP contribution < -0.4 is 10.1 Å². The molecule has 1 aromatic rings. The number of hydrogen-bond donors (Lipinski definition) is 1. The van der Waals surface area contributed by atoms with Crippen LogP contribution in [0.15, 0.2) is 24.3 Å². The second-order valence-electron chi connectivity index (χ2n) is 3.73. The highest BCUT2D eigenvalue weighted by Crippen LogP contribution is 2.26. The van der Waals surface area contributed by atoms with E-state index in [9.17, 15) is 13.6 Å². The SMILES string of the molecule is CCOC(=O)C(CC)Nc1ccccc1OC(F)F. The van der Waals surface area contributed by atoms with Crippen LogP contribution in [-0.2, 0) is 9.53 Å². The fourth-order valence-corrected chi connectivity index (χ4v) is 1.54. The third-order valence-electron chi connectivity index (χ3n) is 2.41. The molecule has 0 aromatic heterocycles. The smallest absolute Gasteiger partial charge is 0.387 e. The zero-order valence-corrected chi connectivity index (χ0v) is 10.9. The second kappa shape index (κ2) is 7.56. The largest absolute Gasteiger partial charge is 0.464 e. The molecule has 0 bridgehead atoms. The van der Waals surface area contributed by atoms with Crippen LogP contribution in [-0.4, -0.2) is 25.2 Å². The number of ether oxygens (including phenoxy) is 2. The number of alkyl halides is 2. The molecule has 1 aromatic carbocycles. The number of carbonyl (C=O) groups excluding carboxylic acids is 1. The van der Waals surface area contributed by atoms with E-state index in [0.29, 0.717) is 12.1 Å². The molecule has 0 radical (unpaired) electrons. The zero-order chi connectivity index (χ0) is 14.3. The molecular formula is C13H17F2NO3. The van der Waals surface area contributed by atoms with Crippen molar-refractivity contribution in [3.05, 3.63) is 24.3 Å². The number of para-hydroxylation sites is 2. The van der Waals surface area contributed by atoms with Crippen molar-refractivity contribution in [2.45, 2.75) is 32.9 Å². The monoisotopic (exact) mass is 273 g/mol. The van der Waals surface area contributed by atoms with Crippen molar-refractivity contribution in [1.82, 2.24) is 0 Å². The Morgan fingerprint density at radius 3 is 2.58 bits per heavy atom. The molecule has 0 saturated heterocycles. The van der Waals surface area contributed by atoms with Gasteiger partial charge in [-0.05, 0) is 25.5 Å². The molecule has 0 aliphatic rings. The van der Waals surface area contributed by atoms with Crippen molar-refractivity contribution < 1.29 is 23.0 Å². The van der Waals surface area contributed by atoms with Gasteiger partial charge in [-0.2, -0.15) is 8.78 Å². The first-order valence-electron chi connectivity index (χ1n) is 6.05. The summed E-state index contributed by atoms with van der Waals surface area (Å²) < 4.78 is 33.8. The Morgan fingerprint density at radius 2 is 2.00 bits per heavy atom. The molecule has 1 N–H and O–H groups in total. The molecule has 1 atom stereocenters. The summed E-state index contributed by atoms with van der Waals surface area (Å²) in [5, 5.41) is 2.85. The molecule has 0 aliphatic carbocycles. The summed E-state index contributed by atoms with van der Waals surface area (Å²) >= 11 is 0. The topological polar surface area (TPSA) is 47.6 Å². The predicted molar refractivity (Wildman–Crippen MR) is 67.4 cm³/mol. The lowest BCUT2D eigenvalue weighted by molar-refractivity contribution is -0.144. The van der Waals surface area contributed by atoms with Crippen molar-refractivity contribution in [2.24, 2.45) is 0 Å². The molecular weight excluding hydrogens is 256 g/mol. The van der Waals surface area contributed by atoms with Crippen LogP contribution in [0.4, 0.5) is 14.5 Å². The van der Waals surface area contributed by atoms with Crippen LogP contribution >= 0.6 is 0 Å². The van der Waals surface area contributed by atoms with Crippen molar-refractivity contribution in [3.8, 4) is 5.75 Å². The van der Waals surface area contributed by atoms with Gasteiger partial charge in [0.15, 0.2) is 0 Å². The van der Waals surface area contributed by atoms with E-state index in [0.717, 1.165) is 0 Å². The lowest BCUT2D eigenvalue weighted by atomic mass is 10.2. The van der Waals surface area contributed by atoms with Gasteiger partial charge in [0.1, 0.15) is 11.8 Å². The highest BCUT2D eigenvalue weighted by atomic mass is 19.3. The van der Waals surface area contributed by atoms with Crippen molar-refractivity contribution in [1.29, 1.82) is 0 Å². The van der Waals surface area contributed by atoms with Crippen molar-refractivity contribution in [2.75, 3.05) is 11.9 Å². The molecule has 0 fully saturated rings. The minimum atomic E-state index is -2.91. The Labute approximate surface area is 110 Å². The van der Waals surface area contributed by atoms with Crippen molar-refractivity contribution in [3.63, 3.8) is 0 Å². The third-order valence-corrected chi connectivity index (χ3v) is 2.41. The van der Waals surface area contributed by atoms with Crippen LogP contribution in [0, 0.1) is 0 Å². The van der Waals surface area contributed by atoms with Crippen LogP contribution in [0.1, 0.15) is 20.3 Å². The first-order valence-corrected chi connectivity index (χ1v) is 6.05. The number of halogens is 2. The number of carbonyl (C=O) groups is 1. The van der Waals surface area contributed by atoms with Crippen LogP contribution in [0.5, 0.6) is 5.75 Å².